The minimum atomic E-state index is 0.498. The van der Waals surface area contributed by atoms with Crippen LogP contribution in [0.3, 0.4) is 0 Å². The van der Waals surface area contributed by atoms with Crippen LogP contribution >= 0.6 is 0 Å². The lowest BCUT2D eigenvalue weighted by atomic mass is 10.1. The van der Waals surface area contributed by atoms with Crippen molar-refractivity contribution >= 4 is 6.72 Å². The van der Waals surface area contributed by atoms with E-state index in [2.05, 4.69) is 23.6 Å². The molecule has 3 nitrogen and oxygen atoms in total. The third kappa shape index (κ3) is 2.51. The Morgan fingerprint density at radius 3 is 2.92 bits per heavy atom. The molecule has 1 heterocycles. The van der Waals surface area contributed by atoms with Gasteiger partial charge in [0.1, 0.15) is 12.4 Å². The molecule has 1 rings (SSSR count). The van der Waals surface area contributed by atoms with Crippen molar-refractivity contribution in [1.82, 2.24) is 5.32 Å². The molecule has 0 aromatic heterocycles. The minimum Gasteiger partial charge on any atom is -0.490 e. The summed E-state index contributed by atoms with van der Waals surface area (Å²) in [5.41, 5.74) is 0. The molecule has 0 bridgehead atoms. The van der Waals surface area contributed by atoms with Crippen molar-refractivity contribution in [3.8, 4) is 0 Å². The third-order valence-corrected chi connectivity index (χ3v) is 1.80. The average Bonchev–Trinajstić information content (AvgIpc) is 2.00. The van der Waals surface area contributed by atoms with Crippen LogP contribution in [0.25, 0.3) is 0 Å². The lowest BCUT2D eigenvalue weighted by Crippen LogP contribution is -2.45. The number of nitrogens with zero attached hydrogens (tertiary/aromatic N) is 1. The molecule has 0 aromatic carbocycles. The summed E-state index contributed by atoms with van der Waals surface area (Å²) in [5.74, 6) is 0.679. The predicted molar refractivity (Wildman–Crippen MR) is 50.2 cm³/mol. The maximum Gasteiger partial charge on any atom is 0.136 e. The number of rotatable bonds is 5. The molecule has 12 heavy (non-hydrogen) atoms. The molecule has 66 valence electrons. The maximum atomic E-state index is 5.38. The zero-order valence-electron chi connectivity index (χ0n) is 7.12. The summed E-state index contributed by atoms with van der Waals surface area (Å²) in [6.07, 6.45) is 4.38. The first-order valence-electron chi connectivity index (χ1n) is 4.01. The number of ether oxygens (including phenoxy) is 1. The molecule has 1 aliphatic heterocycles. The Hall–Kier alpha value is -1.09. The number of hydrogen-bond acceptors (Lipinski definition) is 3. The highest BCUT2D eigenvalue weighted by atomic mass is 16.5. The van der Waals surface area contributed by atoms with Gasteiger partial charge in [-0.1, -0.05) is 6.58 Å². The SMILES string of the molecule is C=C/C(=C\N=C)OCC1CCN1. The molecule has 1 fully saturated rings. The highest BCUT2D eigenvalue weighted by Gasteiger charge is 2.16. The van der Waals surface area contributed by atoms with E-state index in [0.717, 1.165) is 6.54 Å². The second kappa shape index (κ2) is 4.72. The molecule has 0 radical (unpaired) electrons. The van der Waals surface area contributed by atoms with Gasteiger partial charge < -0.3 is 10.1 Å². The molecule has 1 unspecified atom stereocenters. The second-order valence-corrected chi connectivity index (χ2v) is 2.67. The molecule has 1 aliphatic rings. The summed E-state index contributed by atoms with van der Waals surface area (Å²) >= 11 is 0. The van der Waals surface area contributed by atoms with Gasteiger partial charge in [-0.25, -0.2) is 0 Å². The van der Waals surface area contributed by atoms with Gasteiger partial charge in [-0.15, -0.1) is 0 Å². The zero-order chi connectivity index (χ0) is 8.81. The first kappa shape index (κ1) is 9.00. The van der Waals surface area contributed by atoms with Crippen LogP contribution in [0, 0.1) is 0 Å². The van der Waals surface area contributed by atoms with Gasteiger partial charge in [-0.2, -0.15) is 0 Å². The van der Waals surface area contributed by atoms with Crippen LogP contribution in [-0.2, 0) is 4.74 Å². The molecule has 0 aromatic rings. The van der Waals surface area contributed by atoms with Crippen molar-refractivity contribution in [2.45, 2.75) is 12.5 Å². The lowest BCUT2D eigenvalue weighted by molar-refractivity contribution is 0.157. The van der Waals surface area contributed by atoms with Crippen LogP contribution in [0.1, 0.15) is 6.42 Å². The molecular weight excluding hydrogens is 152 g/mol. The Morgan fingerprint density at radius 2 is 2.50 bits per heavy atom. The van der Waals surface area contributed by atoms with Crippen molar-refractivity contribution in [3.63, 3.8) is 0 Å². The van der Waals surface area contributed by atoms with E-state index in [1.54, 1.807) is 12.3 Å². The molecule has 1 N–H and O–H groups in total. The van der Waals surface area contributed by atoms with E-state index in [9.17, 15) is 0 Å². The number of hydrogen-bond donors (Lipinski definition) is 1. The van der Waals surface area contributed by atoms with Gasteiger partial charge in [0.2, 0.25) is 0 Å². The number of allylic oxidation sites excluding steroid dienone is 1. The fourth-order valence-corrected chi connectivity index (χ4v) is 0.926. The van der Waals surface area contributed by atoms with E-state index in [1.807, 2.05) is 0 Å². The van der Waals surface area contributed by atoms with Crippen molar-refractivity contribution in [2.24, 2.45) is 4.99 Å². The Morgan fingerprint density at radius 1 is 1.75 bits per heavy atom. The minimum absolute atomic E-state index is 0.498. The van der Waals surface area contributed by atoms with E-state index in [4.69, 9.17) is 4.74 Å². The van der Waals surface area contributed by atoms with Crippen molar-refractivity contribution in [3.05, 3.63) is 24.6 Å². The molecule has 1 saturated heterocycles. The highest BCUT2D eigenvalue weighted by Crippen LogP contribution is 2.06. The molecular formula is C9H14N2O. The molecule has 0 aliphatic carbocycles. The van der Waals surface area contributed by atoms with E-state index in [-0.39, 0.29) is 0 Å². The molecule has 0 spiro atoms. The van der Waals surface area contributed by atoms with Crippen molar-refractivity contribution in [2.75, 3.05) is 13.2 Å². The van der Waals surface area contributed by atoms with Crippen molar-refractivity contribution in [1.29, 1.82) is 0 Å². The van der Waals surface area contributed by atoms with Crippen molar-refractivity contribution < 1.29 is 4.74 Å². The largest absolute Gasteiger partial charge is 0.490 e. The van der Waals surface area contributed by atoms with Gasteiger partial charge in [0, 0.05) is 6.04 Å². The average molecular weight is 166 g/mol. The molecule has 0 amide bonds. The first-order chi connectivity index (χ1) is 5.86. The summed E-state index contributed by atoms with van der Waals surface area (Å²) in [4.78, 5) is 3.60. The Kier molecular flexibility index (Phi) is 3.54. The van der Waals surface area contributed by atoms with Crippen LogP contribution in [0.4, 0.5) is 0 Å². The summed E-state index contributed by atoms with van der Waals surface area (Å²) in [7, 11) is 0. The topological polar surface area (TPSA) is 33.6 Å². The molecule has 0 saturated carbocycles. The van der Waals surface area contributed by atoms with Gasteiger partial charge in [0.05, 0.1) is 6.20 Å². The lowest BCUT2D eigenvalue weighted by Gasteiger charge is -2.27. The van der Waals surface area contributed by atoms with Crippen LogP contribution in [0.15, 0.2) is 29.6 Å². The smallest absolute Gasteiger partial charge is 0.136 e. The van der Waals surface area contributed by atoms with Crippen LogP contribution in [-0.4, -0.2) is 25.9 Å². The predicted octanol–water partition coefficient (Wildman–Crippen LogP) is 1.09. The molecule has 3 heteroatoms. The Labute approximate surface area is 72.8 Å². The van der Waals surface area contributed by atoms with Gasteiger partial charge in [0.15, 0.2) is 0 Å². The summed E-state index contributed by atoms with van der Waals surface area (Å²) in [5, 5.41) is 3.23. The van der Waals surface area contributed by atoms with E-state index in [0.29, 0.717) is 18.4 Å². The van der Waals surface area contributed by atoms with Gasteiger partial charge in [-0.05, 0) is 25.8 Å². The monoisotopic (exact) mass is 166 g/mol. The third-order valence-electron chi connectivity index (χ3n) is 1.80. The summed E-state index contributed by atoms with van der Waals surface area (Å²) < 4.78 is 5.38. The number of nitrogens with one attached hydrogen (secondary N) is 1. The van der Waals surface area contributed by atoms with Gasteiger partial charge in [0.25, 0.3) is 0 Å². The quantitative estimate of drug-likeness (QED) is 0.377. The second-order valence-electron chi connectivity index (χ2n) is 2.67. The normalized spacial score (nSPS) is 22.7. The fourth-order valence-electron chi connectivity index (χ4n) is 0.926. The van der Waals surface area contributed by atoms with Crippen LogP contribution < -0.4 is 5.32 Å². The van der Waals surface area contributed by atoms with E-state index in [1.165, 1.54) is 6.42 Å². The van der Waals surface area contributed by atoms with Gasteiger partial charge in [-0.3, -0.25) is 4.99 Å². The fraction of sp³-hybridized carbons (Fsp3) is 0.444. The van der Waals surface area contributed by atoms with Gasteiger partial charge >= 0.3 is 0 Å². The molecule has 1 atom stereocenters. The first-order valence-corrected chi connectivity index (χ1v) is 4.01. The van der Waals surface area contributed by atoms with E-state index < -0.39 is 0 Å². The zero-order valence-corrected chi connectivity index (χ0v) is 7.12. The Balaban J connectivity index is 2.22. The van der Waals surface area contributed by atoms with Crippen LogP contribution in [0.5, 0.6) is 0 Å². The highest BCUT2D eigenvalue weighted by molar-refractivity contribution is 5.27. The van der Waals surface area contributed by atoms with Crippen LogP contribution in [0.2, 0.25) is 0 Å². The number of aliphatic imine (C=N–C) groups is 1. The Bertz CT molecular complexity index is 195. The van der Waals surface area contributed by atoms with E-state index >= 15 is 0 Å². The standard InChI is InChI=1S/C9H14N2O/c1-3-9(6-10-2)12-7-8-4-5-11-8/h3,6,8,11H,1-2,4-5,7H2/b9-6+. The maximum absolute atomic E-state index is 5.38. The summed E-state index contributed by atoms with van der Waals surface area (Å²) in [6.45, 7) is 8.73. The summed E-state index contributed by atoms with van der Waals surface area (Å²) in [6, 6.07) is 0.498.